The molecule has 0 aliphatic rings. The second-order valence-corrected chi connectivity index (χ2v) is 7.48. The topological polar surface area (TPSA) is 0 Å². The quantitative estimate of drug-likeness (QED) is 0.282. The number of halogens is 2. The molecule has 0 radical (unpaired) electrons. The maximum Gasteiger partial charge on any atom is 0.0254 e. The number of fused-ring (bicyclic) bond motifs is 2. The molecule has 0 fully saturated rings. The van der Waals surface area contributed by atoms with Crippen LogP contribution in [-0.4, -0.2) is 0 Å². The molecule has 0 aliphatic heterocycles. The molecule has 116 valence electrons. The van der Waals surface area contributed by atoms with Gasteiger partial charge in [-0.05, 0) is 56.9 Å². The minimum atomic E-state index is 1.11. The molecule has 0 aromatic heterocycles. The Morgan fingerprint density at radius 1 is 0.500 bits per heavy atom. The summed E-state index contributed by atoms with van der Waals surface area (Å²) in [5, 5.41) is 4.98. The van der Waals surface area contributed by atoms with E-state index in [1.165, 1.54) is 32.7 Å². The molecule has 0 atom stereocenters. The number of benzene rings is 4. The summed E-state index contributed by atoms with van der Waals surface area (Å²) in [4.78, 5) is 0. The van der Waals surface area contributed by atoms with Crippen molar-refractivity contribution in [2.45, 2.75) is 0 Å². The van der Waals surface area contributed by atoms with Crippen molar-refractivity contribution < 1.29 is 0 Å². The van der Waals surface area contributed by atoms with E-state index >= 15 is 0 Å². The first kappa shape index (κ1) is 15.6. The average Bonchev–Trinajstić information content (AvgIpc) is 2.60. The Morgan fingerprint density at radius 3 is 1.21 bits per heavy atom. The van der Waals surface area contributed by atoms with E-state index in [2.05, 4.69) is 117 Å². The molecule has 0 amide bonds. The third kappa shape index (κ3) is 3.04. The minimum Gasteiger partial charge on any atom is -0.0616 e. The second kappa shape index (κ2) is 6.54. The lowest BCUT2D eigenvalue weighted by Gasteiger charge is -2.05. The normalized spacial score (nSPS) is 11.6. The van der Waals surface area contributed by atoms with Gasteiger partial charge in [0.2, 0.25) is 0 Å². The zero-order valence-corrected chi connectivity index (χ0v) is 16.0. The lowest BCUT2D eigenvalue weighted by atomic mass is 10.0. The van der Waals surface area contributed by atoms with Crippen molar-refractivity contribution >= 4 is 65.6 Å². The standard InChI is InChI=1S/C22H14Br2/c23-21-13-17-7-3-1-5-15(17)11-19(21)9-10-20-12-16-6-2-4-8-18(16)14-22(20)24/h1-14H/b10-9-. The summed E-state index contributed by atoms with van der Waals surface area (Å²) < 4.78 is 2.21. The van der Waals surface area contributed by atoms with Crippen LogP contribution in [0, 0.1) is 0 Å². The van der Waals surface area contributed by atoms with Gasteiger partial charge in [-0.1, -0.05) is 92.5 Å². The lowest BCUT2D eigenvalue weighted by Crippen LogP contribution is -1.81. The number of hydrogen-bond donors (Lipinski definition) is 0. The molecule has 2 heteroatoms. The van der Waals surface area contributed by atoms with Gasteiger partial charge in [-0.25, -0.2) is 0 Å². The van der Waals surface area contributed by atoms with Crippen LogP contribution in [0.15, 0.2) is 81.7 Å². The van der Waals surface area contributed by atoms with Crippen molar-refractivity contribution in [3.8, 4) is 0 Å². The molecule has 0 saturated carbocycles. The van der Waals surface area contributed by atoms with Crippen LogP contribution >= 0.6 is 31.9 Å². The van der Waals surface area contributed by atoms with Crippen LogP contribution < -0.4 is 0 Å². The predicted octanol–water partition coefficient (Wildman–Crippen LogP) is 7.69. The fourth-order valence-electron chi connectivity index (χ4n) is 2.90. The molecule has 0 heterocycles. The Labute approximate surface area is 158 Å². The van der Waals surface area contributed by atoms with Gasteiger partial charge >= 0.3 is 0 Å². The maximum absolute atomic E-state index is 3.69. The molecule has 4 aromatic rings. The van der Waals surface area contributed by atoms with Gasteiger partial charge in [0.1, 0.15) is 0 Å². The molecule has 24 heavy (non-hydrogen) atoms. The van der Waals surface area contributed by atoms with E-state index < -0.39 is 0 Å². The summed E-state index contributed by atoms with van der Waals surface area (Å²) in [7, 11) is 0. The summed E-state index contributed by atoms with van der Waals surface area (Å²) in [6, 6.07) is 25.6. The van der Waals surface area contributed by atoms with Crippen LogP contribution in [0.1, 0.15) is 11.1 Å². The van der Waals surface area contributed by atoms with Crippen LogP contribution in [0.25, 0.3) is 33.7 Å². The Morgan fingerprint density at radius 2 is 0.833 bits per heavy atom. The third-order valence-electron chi connectivity index (χ3n) is 4.17. The van der Waals surface area contributed by atoms with Crippen molar-refractivity contribution in [3.63, 3.8) is 0 Å². The first-order valence-corrected chi connectivity index (χ1v) is 9.34. The number of rotatable bonds is 2. The zero-order chi connectivity index (χ0) is 16.5. The molecule has 4 rings (SSSR count). The first-order valence-electron chi connectivity index (χ1n) is 7.75. The molecule has 0 unspecified atom stereocenters. The highest BCUT2D eigenvalue weighted by molar-refractivity contribution is 9.10. The fraction of sp³-hybridized carbons (Fsp3) is 0. The Hall–Kier alpha value is -1.90. The highest BCUT2D eigenvalue weighted by Gasteiger charge is 2.02. The zero-order valence-electron chi connectivity index (χ0n) is 12.8. The molecule has 0 nitrogen and oxygen atoms in total. The van der Waals surface area contributed by atoms with Crippen molar-refractivity contribution in [2.24, 2.45) is 0 Å². The van der Waals surface area contributed by atoms with Gasteiger partial charge in [0.05, 0.1) is 0 Å². The summed E-state index contributed by atoms with van der Waals surface area (Å²) >= 11 is 7.37. The van der Waals surface area contributed by atoms with E-state index in [4.69, 9.17) is 0 Å². The van der Waals surface area contributed by atoms with Crippen molar-refractivity contribution in [1.82, 2.24) is 0 Å². The Kier molecular flexibility index (Phi) is 4.26. The van der Waals surface area contributed by atoms with Crippen LogP contribution in [0.4, 0.5) is 0 Å². The van der Waals surface area contributed by atoms with Crippen LogP contribution in [0.2, 0.25) is 0 Å². The third-order valence-corrected chi connectivity index (χ3v) is 5.55. The smallest absolute Gasteiger partial charge is 0.0254 e. The van der Waals surface area contributed by atoms with Gasteiger partial charge in [-0.15, -0.1) is 0 Å². The molecular weight excluding hydrogens is 424 g/mol. The highest BCUT2D eigenvalue weighted by Crippen LogP contribution is 2.29. The van der Waals surface area contributed by atoms with E-state index in [0.717, 1.165) is 8.95 Å². The van der Waals surface area contributed by atoms with Crippen molar-refractivity contribution in [1.29, 1.82) is 0 Å². The molecule has 0 bridgehead atoms. The lowest BCUT2D eigenvalue weighted by molar-refractivity contribution is 1.63. The van der Waals surface area contributed by atoms with Crippen molar-refractivity contribution in [2.75, 3.05) is 0 Å². The minimum absolute atomic E-state index is 1.11. The predicted molar refractivity (Wildman–Crippen MR) is 112 cm³/mol. The highest BCUT2D eigenvalue weighted by atomic mass is 79.9. The SMILES string of the molecule is Brc1cc2ccccc2cc1/C=C\c1cc2ccccc2cc1Br. The van der Waals surface area contributed by atoms with E-state index in [-0.39, 0.29) is 0 Å². The molecule has 4 aromatic carbocycles. The first-order chi connectivity index (χ1) is 11.7. The Balaban J connectivity index is 1.77. The summed E-state index contributed by atoms with van der Waals surface area (Å²) in [6.07, 6.45) is 4.32. The summed E-state index contributed by atoms with van der Waals surface area (Å²) in [5.74, 6) is 0. The average molecular weight is 438 g/mol. The fourth-order valence-corrected chi connectivity index (χ4v) is 3.88. The van der Waals surface area contributed by atoms with Gasteiger partial charge in [0.25, 0.3) is 0 Å². The van der Waals surface area contributed by atoms with Crippen LogP contribution in [0.3, 0.4) is 0 Å². The van der Waals surface area contributed by atoms with E-state index in [1.54, 1.807) is 0 Å². The molecule has 0 N–H and O–H groups in total. The summed E-state index contributed by atoms with van der Waals surface area (Å²) in [6.45, 7) is 0. The van der Waals surface area contributed by atoms with E-state index in [0.29, 0.717) is 0 Å². The van der Waals surface area contributed by atoms with E-state index in [1.807, 2.05) is 0 Å². The maximum atomic E-state index is 3.69. The number of hydrogen-bond acceptors (Lipinski definition) is 0. The second-order valence-electron chi connectivity index (χ2n) is 5.78. The van der Waals surface area contributed by atoms with Crippen LogP contribution in [-0.2, 0) is 0 Å². The molecule has 0 spiro atoms. The van der Waals surface area contributed by atoms with Gasteiger partial charge < -0.3 is 0 Å². The largest absolute Gasteiger partial charge is 0.0616 e. The summed E-state index contributed by atoms with van der Waals surface area (Å²) in [5.41, 5.74) is 2.35. The Bertz CT molecular complexity index is 990. The van der Waals surface area contributed by atoms with Crippen LogP contribution in [0.5, 0.6) is 0 Å². The van der Waals surface area contributed by atoms with Gasteiger partial charge in [-0.2, -0.15) is 0 Å². The van der Waals surface area contributed by atoms with Gasteiger partial charge in [-0.3, -0.25) is 0 Å². The monoisotopic (exact) mass is 436 g/mol. The van der Waals surface area contributed by atoms with E-state index in [9.17, 15) is 0 Å². The van der Waals surface area contributed by atoms with Crippen molar-refractivity contribution in [3.05, 3.63) is 92.9 Å². The molecular formula is C22H14Br2. The van der Waals surface area contributed by atoms with Gasteiger partial charge in [0.15, 0.2) is 0 Å². The molecule has 0 saturated heterocycles. The van der Waals surface area contributed by atoms with Gasteiger partial charge in [0, 0.05) is 8.95 Å². The molecule has 0 aliphatic carbocycles.